The van der Waals surface area contributed by atoms with Crippen LogP contribution in [0.3, 0.4) is 0 Å². The van der Waals surface area contributed by atoms with Gasteiger partial charge in [0.15, 0.2) is 0 Å². The molecule has 5 heteroatoms. The molecule has 1 aromatic heterocycles. The Kier molecular flexibility index (Phi) is 5.77. The normalized spacial score (nSPS) is 10.1. The summed E-state index contributed by atoms with van der Waals surface area (Å²) in [5.41, 5.74) is 0. The van der Waals surface area contributed by atoms with Crippen LogP contribution in [0.15, 0.2) is 12.5 Å². The van der Waals surface area contributed by atoms with E-state index in [4.69, 9.17) is 4.74 Å². The number of halogens is 1. The van der Waals surface area contributed by atoms with Crippen LogP contribution < -0.4 is 10.1 Å². The molecular formula is C9H14IN3O. The van der Waals surface area contributed by atoms with E-state index in [2.05, 4.69) is 44.8 Å². The van der Waals surface area contributed by atoms with E-state index in [1.165, 1.54) is 6.33 Å². The third-order valence-corrected chi connectivity index (χ3v) is 2.32. The number of nitrogens with one attached hydrogen (secondary N) is 1. The summed E-state index contributed by atoms with van der Waals surface area (Å²) >= 11 is 2.16. The number of hydrogen-bond donors (Lipinski definition) is 1. The molecule has 78 valence electrons. The Morgan fingerprint density at radius 2 is 2.36 bits per heavy atom. The van der Waals surface area contributed by atoms with Crippen LogP contribution in [0.5, 0.6) is 5.88 Å². The first-order valence-electron chi connectivity index (χ1n) is 4.63. The Labute approximate surface area is 97.6 Å². The second-order valence-electron chi connectivity index (χ2n) is 2.77. The van der Waals surface area contributed by atoms with Gasteiger partial charge in [-0.1, -0.05) is 6.92 Å². The van der Waals surface area contributed by atoms with Crippen molar-refractivity contribution in [3.8, 4) is 5.88 Å². The highest BCUT2D eigenvalue weighted by molar-refractivity contribution is 14.1. The first kappa shape index (κ1) is 11.6. The van der Waals surface area contributed by atoms with Crippen LogP contribution in [-0.2, 0) is 0 Å². The molecule has 1 heterocycles. The van der Waals surface area contributed by atoms with E-state index in [9.17, 15) is 0 Å². The summed E-state index contributed by atoms with van der Waals surface area (Å²) in [6, 6.07) is 0. The van der Waals surface area contributed by atoms with Crippen molar-refractivity contribution in [3.05, 3.63) is 16.1 Å². The zero-order valence-corrected chi connectivity index (χ0v) is 10.3. The van der Waals surface area contributed by atoms with E-state index in [0.717, 1.165) is 23.1 Å². The molecule has 0 atom stereocenters. The average molecular weight is 307 g/mol. The number of rotatable bonds is 6. The molecule has 0 aliphatic heterocycles. The van der Waals surface area contributed by atoms with Crippen molar-refractivity contribution >= 4 is 22.6 Å². The first-order chi connectivity index (χ1) is 6.84. The molecule has 0 aliphatic carbocycles. The Hall–Kier alpha value is -0.430. The predicted octanol–water partition coefficient (Wildman–Crippen LogP) is 1.46. The van der Waals surface area contributed by atoms with Gasteiger partial charge in [-0.25, -0.2) is 9.97 Å². The number of ether oxygens (including phenoxy) is 1. The molecule has 0 spiro atoms. The van der Waals surface area contributed by atoms with E-state index in [0.29, 0.717) is 12.5 Å². The standard InChI is InChI=1S/C9H14IN3O/c1-2-3-11-4-5-14-9-8(10)6-12-7-13-9/h6-7,11H,2-5H2,1H3. The maximum Gasteiger partial charge on any atom is 0.230 e. The Morgan fingerprint density at radius 1 is 1.50 bits per heavy atom. The van der Waals surface area contributed by atoms with E-state index >= 15 is 0 Å². The van der Waals surface area contributed by atoms with E-state index in [1.807, 2.05) is 0 Å². The van der Waals surface area contributed by atoms with Crippen LogP contribution in [0.4, 0.5) is 0 Å². The summed E-state index contributed by atoms with van der Waals surface area (Å²) in [6.45, 7) is 4.67. The second kappa shape index (κ2) is 6.94. The zero-order chi connectivity index (χ0) is 10.2. The van der Waals surface area contributed by atoms with Crippen molar-refractivity contribution in [1.29, 1.82) is 0 Å². The Morgan fingerprint density at radius 3 is 3.07 bits per heavy atom. The predicted molar refractivity (Wildman–Crippen MR) is 63.4 cm³/mol. The first-order valence-corrected chi connectivity index (χ1v) is 5.71. The van der Waals surface area contributed by atoms with Crippen LogP contribution in [0.2, 0.25) is 0 Å². The fraction of sp³-hybridized carbons (Fsp3) is 0.556. The fourth-order valence-electron chi connectivity index (χ4n) is 0.929. The van der Waals surface area contributed by atoms with Crippen molar-refractivity contribution in [2.75, 3.05) is 19.7 Å². The van der Waals surface area contributed by atoms with Crippen molar-refractivity contribution in [2.45, 2.75) is 13.3 Å². The topological polar surface area (TPSA) is 47.0 Å². The van der Waals surface area contributed by atoms with Crippen LogP contribution in [-0.4, -0.2) is 29.7 Å². The van der Waals surface area contributed by atoms with Gasteiger partial charge in [0.1, 0.15) is 12.9 Å². The van der Waals surface area contributed by atoms with Gasteiger partial charge in [0.25, 0.3) is 0 Å². The van der Waals surface area contributed by atoms with Crippen LogP contribution >= 0.6 is 22.6 Å². The molecule has 1 aromatic rings. The van der Waals surface area contributed by atoms with E-state index in [-0.39, 0.29) is 0 Å². The molecule has 0 saturated heterocycles. The molecule has 0 unspecified atom stereocenters. The van der Waals surface area contributed by atoms with E-state index < -0.39 is 0 Å². The Bertz CT molecular complexity index is 270. The summed E-state index contributed by atoms with van der Waals surface area (Å²) in [4.78, 5) is 7.92. The minimum Gasteiger partial charge on any atom is -0.475 e. The second-order valence-corrected chi connectivity index (χ2v) is 3.94. The molecule has 14 heavy (non-hydrogen) atoms. The smallest absolute Gasteiger partial charge is 0.230 e. The van der Waals surface area contributed by atoms with Gasteiger partial charge in [0.2, 0.25) is 5.88 Å². The van der Waals surface area contributed by atoms with Gasteiger partial charge in [0.05, 0.1) is 3.57 Å². The minimum atomic E-state index is 0.646. The SMILES string of the molecule is CCCNCCOc1ncncc1I. The zero-order valence-electron chi connectivity index (χ0n) is 8.16. The number of aromatic nitrogens is 2. The van der Waals surface area contributed by atoms with Gasteiger partial charge in [-0.15, -0.1) is 0 Å². The van der Waals surface area contributed by atoms with Gasteiger partial charge in [-0.3, -0.25) is 0 Å². The molecule has 0 aromatic carbocycles. The number of nitrogens with zero attached hydrogens (tertiary/aromatic N) is 2. The van der Waals surface area contributed by atoms with Gasteiger partial charge in [-0.2, -0.15) is 0 Å². The summed E-state index contributed by atoms with van der Waals surface area (Å²) in [5.74, 6) is 0.666. The average Bonchev–Trinajstić information content (AvgIpc) is 2.20. The lowest BCUT2D eigenvalue weighted by Crippen LogP contribution is -2.22. The highest BCUT2D eigenvalue weighted by Gasteiger charge is 2.00. The van der Waals surface area contributed by atoms with Gasteiger partial charge < -0.3 is 10.1 Å². The summed E-state index contributed by atoms with van der Waals surface area (Å²) < 4.78 is 6.41. The summed E-state index contributed by atoms with van der Waals surface area (Å²) in [5, 5.41) is 3.25. The summed E-state index contributed by atoms with van der Waals surface area (Å²) in [6.07, 6.45) is 4.38. The van der Waals surface area contributed by atoms with Gasteiger partial charge >= 0.3 is 0 Å². The monoisotopic (exact) mass is 307 g/mol. The highest BCUT2D eigenvalue weighted by atomic mass is 127. The molecule has 0 fully saturated rings. The molecule has 0 aliphatic rings. The quantitative estimate of drug-likeness (QED) is 0.638. The molecule has 1 rings (SSSR count). The third-order valence-electron chi connectivity index (χ3n) is 1.58. The van der Waals surface area contributed by atoms with Gasteiger partial charge in [0, 0.05) is 12.7 Å². The molecule has 0 radical (unpaired) electrons. The van der Waals surface area contributed by atoms with E-state index in [1.54, 1.807) is 6.20 Å². The lowest BCUT2D eigenvalue weighted by atomic mass is 10.5. The fourth-order valence-corrected chi connectivity index (χ4v) is 1.39. The molecular weight excluding hydrogens is 293 g/mol. The van der Waals surface area contributed by atoms with Crippen molar-refractivity contribution in [3.63, 3.8) is 0 Å². The Balaban J connectivity index is 2.21. The highest BCUT2D eigenvalue weighted by Crippen LogP contribution is 2.14. The molecule has 0 bridgehead atoms. The van der Waals surface area contributed by atoms with Crippen molar-refractivity contribution in [1.82, 2.24) is 15.3 Å². The molecule has 1 N–H and O–H groups in total. The molecule has 0 amide bonds. The molecule has 0 saturated carbocycles. The largest absolute Gasteiger partial charge is 0.475 e. The summed E-state index contributed by atoms with van der Waals surface area (Å²) in [7, 11) is 0. The van der Waals surface area contributed by atoms with Crippen molar-refractivity contribution in [2.24, 2.45) is 0 Å². The number of hydrogen-bond acceptors (Lipinski definition) is 4. The maximum absolute atomic E-state index is 5.46. The minimum absolute atomic E-state index is 0.646. The van der Waals surface area contributed by atoms with Crippen molar-refractivity contribution < 1.29 is 4.74 Å². The van der Waals surface area contributed by atoms with Crippen LogP contribution in [0.1, 0.15) is 13.3 Å². The maximum atomic E-state index is 5.46. The van der Waals surface area contributed by atoms with Crippen LogP contribution in [0, 0.1) is 3.57 Å². The third kappa shape index (κ3) is 4.19. The van der Waals surface area contributed by atoms with Gasteiger partial charge in [-0.05, 0) is 35.6 Å². The molecule has 4 nitrogen and oxygen atoms in total. The van der Waals surface area contributed by atoms with Crippen LogP contribution in [0.25, 0.3) is 0 Å². The lowest BCUT2D eigenvalue weighted by Gasteiger charge is -2.06. The lowest BCUT2D eigenvalue weighted by molar-refractivity contribution is 0.300.